The molecule has 0 spiro atoms. The average molecular weight is 463 g/mol. The Labute approximate surface area is 196 Å². The van der Waals surface area contributed by atoms with E-state index >= 15 is 0 Å². The highest BCUT2D eigenvalue weighted by Gasteiger charge is 2.31. The van der Waals surface area contributed by atoms with Crippen molar-refractivity contribution in [1.29, 1.82) is 0 Å². The van der Waals surface area contributed by atoms with Gasteiger partial charge in [-0.2, -0.15) is 0 Å². The van der Waals surface area contributed by atoms with Gasteiger partial charge in [-0.3, -0.25) is 4.79 Å². The molecule has 3 amide bonds. The van der Waals surface area contributed by atoms with Gasteiger partial charge in [0.2, 0.25) is 5.91 Å². The van der Waals surface area contributed by atoms with Crippen molar-refractivity contribution in [3.05, 3.63) is 24.3 Å². The summed E-state index contributed by atoms with van der Waals surface area (Å²) in [5.41, 5.74) is 0.652. The van der Waals surface area contributed by atoms with Crippen LogP contribution in [0.25, 0.3) is 0 Å². The maximum atomic E-state index is 12.4. The number of urea groups is 1. The molecule has 0 aromatic heterocycles. The summed E-state index contributed by atoms with van der Waals surface area (Å²) < 4.78 is 11.1. The van der Waals surface area contributed by atoms with Gasteiger partial charge in [-0.1, -0.05) is 6.42 Å². The summed E-state index contributed by atoms with van der Waals surface area (Å²) in [5.74, 6) is 0.788. The van der Waals surface area contributed by atoms with E-state index in [0.29, 0.717) is 37.2 Å². The first-order chi connectivity index (χ1) is 16.1. The highest BCUT2D eigenvalue weighted by atomic mass is 16.5. The lowest BCUT2D eigenvalue weighted by atomic mass is 9.97. The van der Waals surface area contributed by atoms with Crippen LogP contribution in [-0.4, -0.2) is 80.1 Å². The van der Waals surface area contributed by atoms with E-state index in [1.807, 2.05) is 0 Å². The van der Waals surface area contributed by atoms with Crippen LogP contribution in [-0.2, 0) is 9.53 Å². The SMILES string of the molecule is COc1ccc(NC(=O)N[C@H]2CC[C@@H](CCNC(=O)CCN3CCCCC3)O[C@H]2CO)cc1. The van der Waals surface area contributed by atoms with Crippen molar-refractivity contribution in [2.24, 2.45) is 0 Å². The summed E-state index contributed by atoms with van der Waals surface area (Å²) in [6.07, 6.45) is 5.91. The number of nitrogens with zero attached hydrogens (tertiary/aromatic N) is 1. The van der Waals surface area contributed by atoms with E-state index in [2.05, 4.69) is 20.9 Å². The first-order valence-electron chi connectivity index (χ1n) is 12.0. The van der Waals surface area contributed by atoms with Crippen molar-refractivity contribution in [2.45, 2.75) is 63.2 Å². The van der Waals surface area contributed by atoms with Gasteiger partial charge < -0.3 is 35.4 Å². The van der Waals surface area contributed by atoms with Gasteiger partial charge in [0.15, 0.2) is 0 Å². The fourth-order valence-electron chi connectivity index (χ4n) is 4.42. The molecule has 0 unspecified atom stereocenters. The number of nitrogens with one attached hydrogen (secondary N) is 3. The zero-order valence-corrected chi connectivity index (χ0v) is 19.6. The fraction of sp³-hybridized carbons (Fsp3) is 0.667. The Bertz CT molecular complexity index is 739. The largest absolute Gasteiger partial charge is 0.497 e. The van der Waals surface area contributed by atoms with Gasteiger partial charge >= 0.3 is 6.03 Å². The molecule has 2 saturated heterocycles. The van der Waals surface area contributed by atoms with Gasteiger partial charge in [-0.25, -0.2) is 4.79 Å². The molecule has 2 heterocycles. The van der Waals surface area contributed by atoms with Gasteiger partial charge in [0.1, 0.15) is 11.9 Å². The van der Waals surface area contributed by atoms with Crippen molar-refractivity contribution < 1.29 is 24.2 Å². The van der Waals surface area contributed by atoms with Crippen LogP contribution in [0.3, 0.4) is 0 Å². The average Bonchev–Trinajstić information content (AvgIpc) is 2.84. The molecule has 2 aliphatic rings. The molecule has 3 atom stereocenters. The number of likely N-dealkylation sites (tertiary alicyclic amines) is 1. The number of rotatable bonds is 10. The number of hydrogen-bond donors (Lipinski definition) is 4. The number of piperidine rings is 1. The maximum Gasteiger partial charge on any atom is 0.319 e. The summed E-state index contributed by atoms with van der Waals surface area (Å²) in [6.45, 7) is 3.40. The molecule has 3 rings (SSSR count). The monoisotopic (exact) mass is 462 g/mol. The molecule has 4 N–H and O–H groups in total. The van der Waals surface area contributed by atoms with E-state index in [4.69, 9.17) is 9.47 Å². The summed E-state index contributed by atoms with van der Waals surface area (Å²) in [4.78, 5) is 26.8. The molecule has 1 aromatic rings. The lowest BCUT2D eigenvalue weighted by Crippen LogP contribution is -2.52. The van der Waals surface area contributed by atoms with Gasteiger partial charge in [0.05, 0.1) is 25.9 Å². The van der Waals surface area contributed by atoms with Gasteiger partial charge in [-0.15, -0.1) is 0 Å². The van der Waals surface area contributed by atoms with Crippen molar-refractivity contribution in [3.8, 4) is 5.75 Å². The summed E-state index contributed by atoms with van der Waals surface area (Å²) >= 11 is 0. The third-order valence-electron chi connectivity index (χ3n) is 6.35. The predicted octanol–water partition coefficient (Wildman–Crippen LogP) is 2.11. The van der Waals surface area contributed by atoms with Gasteiger partial charge in [0.25, 0.3) is 0 Å². The van der Waals surface area contributed by atoms with Crippen LogP contribution >= 0.6 is 0 Å². The van der Waals surface area contributed by atoms with Crippen molar-refractivity contribution in [1.82, 2.24) is 15.5 Å². The number of amides is 3. The van der Waals surface area contributed by atoms with Crippen LogP contribution in [0.5, 0.6) is 5.75 Å². The Morgan fingerprint density at radius 2 is 1.91 bits per heavy atom. The minimum Gasteiger partial charge on any atom is -0.497 e. The summed E-state index contributed by atoms with van der Waals surface area (Å²) in [7, 11) is 1.59. The number of carbonyl (C=O) groups is 2. The highest BCUT2D eigenvalue weighted by molar-refractivity contribution is 5.89. The number of aliphatic hydroxyl groups excluding tert-OH is 1. The number of aliphatic hydroxyl groups is 1. The Balaban J connectivity index is 1.33. The Morgan fingerprint density at radius 1 is 1.15 bits per heavy atom. The Hall–Kier alpha value is -2.36. The van der Waals surface area contributed by atoms with E-state index in [9.17, 15) is 14.7 Å². The van der Waals surface area contributed by atoms with Crippen LogP contribution in [0.2, 0.25) is 0 Å². The third-order valence-corrected chi connectivity index (χ3v) is 6.35. The van der Waals surface area contributed by atoms with Gasteiger partial charge in [-0.05, 0) is 69.5 Å². The molecule has 1 aromatic carbocycles. The van der Waals surface area contributed by atoms with Crippen LogP contribution in [0.4, 0.5) is 10.5 Å². The summed E-state index contributed by atoms with van der Waals surface area (Å²) in [6, 6.07) is 6.45. The first kappa shape index (κ1) is 25.3. The lowest BCUT2D eigenvalue weighted by Gasteiger charge is -2.36. The second kappa shape index (κ2) is 13.4. The maximum absolute atomic E-state index is 12.4. The number of anilines is 1. The molecule has 184 valence electrons. The number of hydrogen-bond acceptors (Lipinski definition) is 6. The molecule has 0 aliphatic carbocycles. The second-order valence-electron chi connectivity index (χ2n) is 8.78. The number of carbonyl (C=O) groups excluding carboxylic acids is 2. The van der Waals surface area contributed by atoms with Crippen LogP contribution < -0.4 is 20.7 Å². The minimum atomic E-state index is -0.472. The molecule has 2 aliphatic heterocycles. The summed E-state index contributed by atoms with van der Waals surface area (Å²) in [5, 5.41) is 18.4. The molecule has 33 heavy (non-hydrogen) atoms. The highest BCUT2D eigenvalue weighted by Crippen LogP contribution is 2.22. The molecule has 9 nitrogen and oxygen atoms in total. The third kappa shape index (κ3) is 8.49. The Morgan fingerprint density at radius 3 is 2.61 bits per heavy atom. The number of ether oxygens (including phenoxy) is 2. The molecular weight excluding hydrogens is 424 g/mol. The first-order valence-corrected chi connectivity index (χ1v) is 12.0. The quantitative estimate of drug-likeness (QED) is 0.424. The van der Waals surface area contributed by atoms with E-state index < -0.39 is 6.10 Å². The Kier molecular flexibility index (Phi) is 10.2. The van der Waals surface area contributed by atoms with Crippen molar-refractivity contribution >= 4 is 17.6 Å². The van der Waals surface area contributed by atoms with Crippen LogP contribution in [0, 0.1) is 0 Å². The van der Waals surface area contributed by atoms with Crippen LogP contribution in [0.15, 0.2) is 24.3 Å². The van der Waals surface area contributed by atoms with Crippen LogP contribution in [0.1, 0.15) is 44.9 Å². The molecule has 9 heteroatoms. The van der Waals surface area contributed by atoms with E-state index in [1.54, 1.807) is 31.4 Å². The number of methoxy groups -OCH3 is 1. The predicted molar refractivity (Wildman–Crippen MR) is 126 cm³/mol. The topological polar surface area (TPSA) is 112 Å². The fourth-order valence-corrected chi connectivity index (χ4v) is 4.42. The van der Waals surface area contributed by atoms with E-state index in [0.717, 1.165) is 26.1 Å². The van der Waals surface area contributed by atoms with E-state index in [1.165, 1.54) is 19.3 Å². The zero-order valence-electron chi connectivity index (χ0n) is 19.6. The van der Waals surface area contributed by atoms with E-state index in [-0.39, 0.29) is 30.7 Å². The second-order valence-corrected chi connectivity index (χ2v) is 8.78. The smallest absolute Gasteiger partial charge is 0.319 e. The molecule has 0 saturated carbocycles. The number of benzene rings is 1. The van der Waals surface area contributed by atoms with Gasteiger partial charge in [0, 0.05) is 25.2 Å². The van der Waals surface area contributed by atoms with Crippen molar-refractivity contribution in [3.63, 3.8) is 0 Å². The molecule has 2 fully saturated rings. The molecular formula is C24H38N4O5. The lowest BCUT2D eigenvalue weighted by molar-refractivity contribution is -0.122. The molecule has 0 bridgehead atoms. The zero-order chi connectivity index (χ0) is 23.5. The molecule has 0 radical (unpaired) electrons. The minimum absolute atomic E-state index is 0.0488. The van der Waals surface area contributed by atoms with Crippen molar-refractivity contribution in [2.75, 3.05) is 45.2 Å². The standard InChI is InChI=1S/C24H38N4O5/c1-32-19-7-5-18(6-8-19)26-24(31)27-21-10-9-20(33-22(21)17-29)11-13-25-23(30)12-16-28-14-3-2-4-15-28/h5-8,20-22,29H,2-4,9-17H2,1H3,(H,25,30)(H2,26,27,31)/t20-,21-,22-/m0/s1. The normalized spacial score (nSPS) is 23.5.